The molecule has 7 heteroatoms. The van der Waals surface area contributed by atoms with Crippen molar-refractivity contribution >= 4 is 5.91 Å². The second-order valence-corrected chi connectivity index (χ2v) is 5.74. The molecule has 2 heterocycles. The number of pyridine rings is 1. The van der Waals surface area contributed by atoms with Crippen molar-refractivity contribution in [1.82, 2.24) is 10.3 Å². The summed E-state index contributed by atoms with van der Waals surface area (Å²) in [6.45, 7) is 1.05. The molecule has 1 amide bonds. The van der Waals surface area contributed by atoms with Crippen LogP contribution in [0.25, 0.3) is 0 Å². The maximum absolute atomic E-state index is 13.7. The highest BCUT2D eigenvalue weighted by molar-refractivity contribution is 5.94. The minimum atomic E-state index is -0.776. The number of carbonyl (C=O) groups excluding carboxylic acids is 1. The van der Waals surface area contributed by atoms with Crippen molar-refractivity contribution in [1.29, 1.82) is 0 Å². The number of carbonyl (C=O) groups is 1. The molecule has 0 saturated carbocycles. The third-order valence-electron chi connectivity index (χ3n) is 3.95. The standard InChI is InChI=1S/C18H18F2N2O3/c19-12-4-5-15(20)14(9-12)18(23)22-16-11-24-8-6-17(16)25-10-13-3-1-2-7-21-13/h1-5,7,9,16-17H,6,8,10-11H2,(H,22,23)/t16-,17+/m1/s1. The molecule has 1 aromatic heterocycles. The van der Waals surface area contributed by atoms with Crippen LogP contribution < -0.4 is 5.32 Å². The van der Waals surface area contributed by atoms with Crippen LogP contribution in [0.15, 0.2) is 42.6 Å². The van der Waals surface area contributed by atoms with E-state index in [0.29, 0.717) is 19.6 Å². The number of benzene rings is 1. The summed E-state index contributed by atoms with van der Waals surface area (Å²) in [5.74, 6) is -2.14. The first-order valence-electron chi connectivity index (χ1n) is 7.98. The summed E-state index contributed by atoms with van der Waals surface area (Å²) in [5, 5.41) is 2.67. The van der Waals surface area contributed by atoms with Crippen molar-refractivity contribution in [3.63, 3.8) is 0 Å². The molecule has 1 aliphatic rings. The number of aromatic nitrogens is 1. The SMILES string of the molecule is O=C(N[C@@H]1COCC[C@@H]1OCc1ccccn1)c1cc(F)ccc1F. The predicted molar refractivity (Wildman–Crippen MR) is 85.9 cm³/mol. The Morgan fingerprint density at radius 2 is 2.20 bits per heavy atom. The van der Waals surface area contributed by atoms with Gasteiger partial charge in [0.1, 0.15) is 11.6 Å². The Hall–Kier alpha value is -2.38. The fourth-order valence-electron chi connectivity index (χ4n) is 2.65. The van der Waals surface area contributed by atoms with Crippen molar-refractivity contribution in [3.8, 4) is 0 Å². The van der Waals surface area contributed by atoms with Crippen molar-refractivity contribution in [2.24, 2.45) is 0 Å². The van der Waals surface area contributed by atoms with Gasteiger partial charge in [0.25, 0.3) is 5.91 Å². The number of nitrogens with one attached hydrogen (secondary N) is 1. The lowest BCUT2D eigenvalue weighted by Gasteiger charge is -2.32. The van der Waals surface area contributed by atoms with Gasteiger partial charge in [0.2, 0.25) is 0 Å². The molecule has 5 nitrogen and oxygen atoms in total. The van der Waals surface area contributed by atoms with E-state index in [1.807, 2.05) is 18.2 Å². The largest absolute Gasteiger partial charge is 0.379 e. The highest BCUT2D eigenvalue weighted by Crippen LogP contribution is 2.16. The molecule has 2 aromatic rings. The normalized spacial score (nSPS) is 20.2. The molecule has 0 aliphatic carbocycles. The second-order valence-electron chi connectivity index (χ2n) is 5.74. The van der Waals surface area contributed by atoms with Gasteiger partial charge in [0.05, 0.1) is 36.6 Å². The topological polar surface area (TPSA) is 60.5 Å². The molecule has 1 N–H and O–H groups in total. The van der Waals surface area contributed by atoms with Crippen LogP contribution in [0.2, 0.25) is 0 Å². The highest BCUT2D eigenvalue weighted by atomic mass is 19.1. The smallest absolute Gasteiger partial charge is 0.254 e. The fraction of sp³-hybridized carbons (Fsp3) is 0.333. The minimum absolute atomic E-state index is 0.246. The molecule has 1 fully saturated rings. The first-order chi connectivity index (χ1) is 12.1. The summed E-state index contributed by atoms with van der Waals surface area (Å²) in [5.41, 5.74) is 0.435. The Kier molecular flexibility index (Phi) is 5.67. The minimum Gasteiger partial charge on any atom is -0.379 e. The van der Waals surface area contributed by atoms with Gasteiger partial charge in [0, 0.05) is 12.8 Å². The number of rotatable bonds is 5. The molecule has 132 valence electrons. The summed E-state index contributed by atoms with van der Waals surface area (Å²) in [6, 6.07) is 7.84. The van der Waals surface area contributed by atoms with Gasteiger partial charge in [-0.3, -0.25) is 9.78 Å². The summed E-state index contributed by atoms with van der Waals surface area (Å²) < 4.78 is 38.2. The number of nitrogens with zero attached hydrogens (tertiary/aromatic N) is 1. The van der Waals surface area contributed by atoms with Crippen LogP contribution in [0.1, 0.15) is 22.5 Å². The van der Waals surface area contributed by atoms with Crippen LogP contribution in [0.5, 0.6) is 0 Å². The van der Waals surface area contributed by atoms with Gasteiger partial charge >= 0.3 is 0 Å². The average Bonchev–Trinajstić information content (AvgIpc) is 2.64. The molecule has 3 rings (SSSR count). The Balaban J connectivity index is 1.64. The number of ether oxygens (including phenoxy) is 2. The molecule has 25 heavy (non-hydrogen) atoms. The van der Waals surface area contributed by atoms with Gasteiger partial charge in [-0.2, -0.15) is 0 Å². The van der Waals surface area contributed by atoms with E-state index in [-0.39, 0.29) is 18.3 Å². The van der Waals surface area contributed by atoms with Crippen molar-refractivity contribution in [2.45, 2.75) is 25.2 Å². The van der Waals surface area contributed by atoms with Crippen LogP contribution in [-0.4, -0.2) is 36.3 Å². The van der Waals surface area contributed by atoms with Gasteiger partial charge in [0.15, 0.2) is 0 Å². The summed E-state index contributed by atoms with van der Waals surface area (Å²) in [4.78, 5) is 16.4. The van der Waals surface area contributed by atoms with E-state index in [0.717, 1.165) is 23.9 Å². The molecular formula is C18H18F2N2O3. The van der Waals surface area contributed by atoms with Crippen LogP contribution >= 0.6 is 0 Å². The molecule has 1 aromatic carbocycles. The van der Waals surface area contributed by atoms with Crippen molar-refractivity contribution in [2.75, 3.05) is 13.2 Å². The Bertz CT molecular complexity index is 728. The molecule has 1 saturated heterocycles. The molecule has 2 atom stereocenters. The van der Waals surface area contributed by atoms with Crippen LogP contribution in [0.3, 0.4) is 0 Å². The molecule has 0 bridgehead atoms. The predicted octanol–water partition coefficient (Wildman–Crippen LogP) is 2.46. The zero-order valence-electron chi connectivity index (χ0n) is 13.5. The molecule has 0 unspecified atom stereocenters. The third-order valence-corrected chi connectivity index (χ3v) is 3.95. The van der Waals surface area contributed by atoms with Gasteiger partial charge in [-0.15, -0.1) is 0 Å². The lowest BCUT2D eigenvalue weighted by Crippen LogP contribution is -2.50. The molecule has 0 radical (unpaired) electrons. The van der Waals surface area contributed by atoms with E-state index >= 15 is 0 Å². The lowest BCUT2D eigenvalue weighted by atomic mass is 10.1. The summed E-state index contributed by atoms with van der Waals surface area (Å²) in [7, 11) is 0. The molecule has 0 spiro atoms. The number of hydrogen-bond acceptors (Lipinski definition) is 4. The maximum atomic E-state index is 13.7. The number of halogens is 2. The third kappa shape index (κ3) is 4.58. The van der Waals surface area contributed by atoms with E-state index in [4.69, 9.17) is 9.47 Å². The summed E-state index contributed by atoms with van der Waals surface area (Å²) >= 11 is 0. The van der Waals surface area contributed by atoms with Crippen LogP contribution in [0, 0.1) is 11.6 Å². The van der Waals surface area contributed by atoms with E-state index in [2.05, 4.69) is 10.3 Å². The van der Waals surface area contributed by atoms with E-state index < -0.39 is 23.6 Å². The highest BCUT2D eigenvalue weighted by Gasteiger charge is 2.29. The Morgan fingerprint density at radius 3 is 3.00 bits per heavy atom. The lowest BCUT2D eigenvalue weighted by molar-refractivity contribution is -0.0613. The van der Waals surface area contributed by atoms with E-state index in [1.165, 1.54) is 0 Å². The first-order valence-corrected chi connectivity index (χ1v) is 7.98. The van der Waals surface area contributed by atoms with E-state index in [1.54, 1.807) is 6.20 Å². The van der Waals surface area contributed by atoms with Gasteiger partial charge < -0.3 is 14.8 Å². The summed E-state index contributed by atoms with van der Waals surface area (Å²) in [6.07, 6.45) is 1.97. The van der Waals surface area contributed by atoms with Crippen LogP contribution in [0.4, 0.5) is 8.78 Å². The zero-order chi connectivity index (χ0) is 17.6. The van der Waals surface area contributed by atoms with Gasteiger partial charge in [-0.1, -0.05) is 6.07 Å². The monoisotopic (exact) mass is 348 g/mol. The van der Waals surface area contributed by atoms with Crippen molar-refractivity contribution < 1.29 is 23.0 Å². The number of hydrogen-bond donors (Lipinski definition) is 1. The van der Waals surface area contributed by atoms with Crippen LogP contribution in [-0.2, 0) is 16.1 Å². The zero-order valence-corrected chi connectivity index (χ0v) is 13.5. The van der Waals surface area contributed by atoms with Gasteiger partial charge in [-0.05, 0) is 36.8 Å². The quantitative estimate of drug-likeness (QED) is 0.902. The molecule has 1 aliphatic heterocycles. The Morgan fingerprint density at radius 1 is 1.32 bits per heavy atom. The second kappa shape index (κ2) is 8.13. The molecular weight excluding hydrogens is 330 g/mol. The Labute approximate surface area is 144 Å². The average molecular weight is 348 g/mol. The van der Waals surface area contributed by atoms with Gasteiger partial charge in [-0.25, -0.2) is 8.78 Å². The number of amides is 1. The van der Waals surface area contributed by atoms with E-state index in [9.17, 15) is 13.6 Å². The maximum Gasteiger partial charge on any atom is 0.254 e. The fourth-order valence-corrected chi connectivity index (χ4v) is 2.65. The van der Waals surface area contributed by atoms with Crippen molar-refractivity contribution in [3.05, 3.63) is 65.5 Å². The first kappa shape index (κ1) is 17.4.